The maximum absolute atomic E-state index is 5.83. The number of hydrogen-bond donors (Lipinski definition) is 2. The normalized spacial score (nSPS) is 18.8. The molecule has 3 rings (SSSR count). The molecule has 1 fully saturated rings. The van der Waals surface area contributed by atoms with Gasteiger partial charge in [-0.1, -0.05) is 18.2 Å². The second-order valence-electron chi connectivity index (χ2n) is 7.79. The fourth-order valence-corrected chi connectivity index (χ4v) is 3.94. The number of aliphatic imine (C=N–C) groups is 1. The van der Waals surface area contributed by atoms with Gasteiger partial charge in [-0.25, -0.2) is 0 Å². The molecule has 28 heavy (non-hydrogen) atoms. The van der Waals surface area contributed by atoms with Crippen molar-refractivity contribution in [3.63, 3.8) is 0 Å². The summed E-state index contributed by atoms with van der Waals surface area (Å²) in [5, 5.41) is 6.86. The molecule has 0 radical (unpaired) electrons. The van der Waals surface area contributed by atoms with Crippen LogP contribution in [0.4, 0.5) is 5.69 Å². The van der Waals surface area contributed by atoms with E-state index in [1.807, 2.05) is 7.05 Å². The number of benzene rings is 1. The molecule has 156 valence electrons. The van der Waals surface area contributed by atoms with E-state index >= 15 is 0 Å². The molecule has 0 amide bonds. The quantitative estimate of drug-likeness (QED) is 0.387. The number of rotatable bonds is 9. The van der Waals surface area contributed by atoms with Gasteiger partial charge in [0, 0.05) is 64.8 Å². The van der Waals surface area contributed by atoms with Crippen molar-refractivity contribution in [1.29, 1.82) is 0 Å². The number of nitrogens with zero attached hydrogens (tertiary/aromatic N) is 2. The number of fused-ring (bicyclic) bond motifs is 1. The van der Waals surface area contributed by atoms with Crippen molar-refractivity contribution < 1.29 is 9.47 Å². The molecule has 2 heterocycles. The zero-order valence-electron chi connectivity index (χ0n) is 17.5. The first-order valence-electron chi connectivity index (χ1n) is 10.7. The van der Waals surface area contributed by atoms with E-state index in [1.54, 1.807) is 0 Å². The molecule has 0 spiro atoms. The molecule has 0 aromatic heterocycles. The average molecular weight is 389 g/mol. The van der Waals surface area contributed by atoms with E-state index in [0.717, 1.165) is 77.7 Å². The standard InChI is InChI=1S/C22H36N4O2/c1-18(26-12-8-20-6-3-4-7-21(20)26)16-25-22(23-2)24-11-5-13-28-17-19-9-14-27-15-10-19/h3-4,6-7,18-19H,5,8-17H2,1-2H3,(H2,23,24,25). The van der Waals surface area contributed by atoms with E-state index in [4.69, 9.17) is 9.47 Å². The molecule has 1 aromatic carbocycles. The first kappa shape index (κ1) is 20.9. The minimum atomic E-state index is 0.421. The van der Waals surface area contributed by atoms with Gasteiger partial charge in [-0.05, 0) is 50.2 Å². The van der Waals surface area contributed by atoms with E-state index in [0.29, 0.717) is 12.0 Å². The van der Waals surface area contributed by atoms with Crippen molar-refractivity contribution in [3.05, 3.63) is 29.8 Å². The van der Waals surface area contributed by atoms with Crippen LogP contribution >= 0.6 is 0 Å². The minimum absolute atomic E-state index is 0.421. The summed E-state index contributed by atoms with van der Waals surface area (Å²) in [7, 11) is 1.83. The lowest BCUT2D eigenvalue weighted by Crippen LogP contribution is -2.46. The number of anilines is 1. The van der Waals surface area contributed by atoms with Gasteiger partial charge in [0.25, 0.3) is 0 Å². The summed E-state index contributed by atoms with van der Waals surface area (Å²) in [4.78, 5) is 6.83. The van der Waals surface area contributed by atoms with Gasteiger partial charge in [0.15, 0.2) is 5.96 Å². The molecule has 1 aromatic rings. The Balaban J connectivity index is 1.28. The topological polar surface area (TPSA) is 58.1 Å². The number of nitrogens with one attached hydrogen (secondary N) is 2. The monoisotopic (exact) mass is 388 g/mol. The third-order valence-corrected chi connectivity index (χ3v) is 5.70. The fourth-order valence-electron chi connectivity index (χ4n) is 3.94. The molecule has 2 aliphatic heterocycles. The Morgan fingerprint density at radius 3 is 2.93 bits per heavy atom. The van der Waals surface area contributed by atoms with E-state index in [1.165, 1.54) is 11.3 Å². The lowest BCUT2D eigenvalue weighted by Gasteiger charge is -2.28. The highest BCUT2D eigenvalue weighted by molar-refractivity contribution is 5.79. The van der Waals surface area contributed by atoms with Gasteiger partial charge >= 0.3 is 0 Å². The Bertz CT molecular complexity index is 616. The first-order valence-corrected chi connectivity index (χ1v) is 10.7. The van der Waals surface area contributed by atoms with E-state index < -0.39 is 0 Å². The van der Waals surface area contributed by atoms with Crippen LogP contribution in [0.1, 0.15) is 31.7 Å². The Labute approximate surface area is 169 Å². The number of para-hydroxylation sites is 1. The molecule has 2 N–H and O–H groups in total. The fraction of sp³-hybridized carbons (Fsp3) is 0.682. The number of hydrogen-bond acceptors (Lipinski definition) is 4. The molecular weight excluding hydrogens is 352 g/mol. The van der Waals surface area contributed by atoms with E-state index in [2.05, 4.69) is 51.7 Å². The Morgan fingerprint density at radius 2 is 2.11 bits per heavy atom. The van der Waals surface area contributed by atoms with Crippen LogP contribution in [0.3, 0.4) is 0 Å². The minimum Gasteiger partial charge on any atom is -0.381 e. The van der Waals surface area contributed by atoms with Crippen LogP contribution in [0.15, 0.2) is 29.3 Å². The summed E-state index contributed by atoms with van der Waals surface area (Å²) in [6, 6.07) is 9.14. The SMILES string of the molecule is CN=C(NCCCOCC1CCOCC1)NCC(C)N1CCc2ccccc21. The summed E-state index contributed by atoms with van der Waals surface area (Å²) in [6.45, 7) is 8.54. The molecule has 0 saturated carbocycles. The largest absolute Gasteiger partial charge is 0.381 e. The van der Waals surface area contributed by atoms with Crippen molar-refractivity contribution in [3.8, 4) is 0 Å². The Kier molecular flexibility index (Phi) is 8.42. The molecule has 2 aliphatic rings. The predicted octanol–water partition coefficient (Wildman–Crippen LogP) is 2.44. The second-order valence-corrected chi connectivity index (χ2v) is 7.79. The van der Waals surface area contributed by atoms with Crippen molar-refractivity contribution >= 4 is 11.6 Å². The molecule has 6 heteroatoms. The van der Waals surface area contributed by atoms with E-state index in [9.17, 15) is 0 Å². The van der Waals surface area contributed by atoms with Crippen LogP contribution in [-0.4, -0.2) is 65.1 Å². The van der Waals surface area contributed by atoms with Gasteiger partial charge in [-0.3, -0.25) is 4.99 Å². The highest BCUT2D eigenvalue weighted by atomic mass is 16.5. The highest BCUT2D eigenvalue weighted by Crippen LogP contribution is 2.28. The molecular formula is C22H36N4O2. The third kappa shape index (κ3) is 6.11. The zero-order chi connectivity index (χ0) is 19.6. The summed E-state index contributed by atoms with van der Waals surface area (Å²) in [6.07, 6.45) is 4.39. The van der Waals surface area contributed by atoms with E-state index in [-0.39, 0.29) is 0 Å². The van der Waals surface area contributed by atoms with Crippen LogP contribution in [-0.2, 0) is 15.9 Å². The summed E-state index contributed by atoms with van der Waals surface area (Å²) < 4.78 is 11.2. The number of guanidine groups is 1. The van der Waals surface area contributed by atoms with Gasteiger partial charge < -0.3 is 25.0 Å². The van der Waals surface area contributed by atoms with Crippen LogP contribution in [0.2, 0.25) is 0 Å². The predicted molar refractivity (Wildman–Crippen MR) is 115 cm³/mol. The van der Waals surface area contributed by atoms with Crippen molar-refractivity contribution in [1.82, 2.24) is 10.6 Å². The van der Waals surface area contributed by atoms with Gasteiger partial charge in [-0.15, -0.1) is 0 Å². The van der Waals surface area contributed by atoms with Gasteiger partial charge in [0.05, 0.1) is 0 Å². The third-order valence-electron chi connectivity index (χ3n) is 5.70. The molecule has 0 aliphatic carbocycles. The maximum atomic E-state index is 5.83. The van der Waals surface area contributed by atoms with Crippen molar-refractivity contribution in [2.24, 2.45) is 10.9 Å². The first-order chi connectivity index (χ1) is 13.8. The van der Waals surface area contributed by atoms with Crippen molar-refractivity contribution in [2.45, 2.75) is 38.6 Å². The molecule has 1 unspecified atom stereocenters. The summed E-state index contributed by atoms with van der Waals surface area (Å²) in [5.41, 5.74) is 2.83. The Morgan fingerprint density at radius 1 is 1.29 bits per heavy atom. The van der Waals surface area contributed by atoms with Crippen LogP contribution in [0.5, 0.6) is 0 Å². The highest BCUT2D eigenvalue weighted by Gasteiger charge is 2.22. The zero-order valence-corrected chi connectivity index (χ0v) is 17.5. The van der Waals surface area contributed by atoms with Crippen LogP contribution in [0.25, 0.3) is 0 Å². The van der Waals surface area contributed by atoms with Crippen LogP contribution in [0, 0.1) is 5.92 Å². The average Bonchev–Trinajstić information content (AvgIpc) is 3.17. The smallest absolute Gasteiger partial charge is 0.191 e. The molecule has 1 atom stereocenters. The van der Waals surface area contributed by atoms with Gasteiger partial charge in [-0.2, -0.15) is 0 Å². The summed E-state index contributed by atoms with van der Waals surface area (Å²) >= 11 is 0. The summed E-state index contributed by atoms with van der Waals surface area (Å²) in [5.74, 6) is 1.54. The number of ether oxygens (including phenoxy) is 2. The molecule has 0 bridgehead atoms. The Hall–Kier alpha value is -1.79. The lowest BCUT2D eigenvalue weighted by atomic mass is 10.0. The van der Waals surface area contributed by atoms with Gasteiger partial charge in [0.2, 0.25) is 0 Å². The maximum Gasteiger partial charge on any atom is 0.191 e. The van der Waals surface area contributed by atoms with Crippen LogP contribution < -0.4 is 15.5 Å². The molecule has 1 saturated heterocycles. The molecule has 6 nitrogen and oxygen atoms in total. The lowest BCUT2D eigenvalue weighted by molar-refractivity contribution is 0.0203. The second kappa shape index (κ2) is 11.3. The van der Waals surface area contributed by atoms with Crippen molar-refractivity contribution in [2.75, 3.05) is 58.0 Å². The van der Waals surface area contributed by atoms with Gasteiger partial charge in [0.1, 0.15) is 0 Å².